The van der Waals surface area contributed by atoms with Gasteiger partial charge < -0.3 is 15.3 Å². The Morgan fingerprint density at radius 3 is 1.82 bits per heavy atom. The molecule has 0 spiro atoms. The summed E-state index contributed by atoms with van der Waals surface area (Å²) in [7, 11) is 0. The van der Waals surface area contributed by atoms with Gasteiger partial charge in [-0.05, 0) is 20.8 Å². The maximum atomic E-state index is 10.0. The second kappa shape index (κ2) is 12.1. The van der Waals surface area contributed by atoms with E-state index in [1.165, 1.54) is 6.92 Å². The average molecular weight is 166 g/mol. The fraction of sp³-hybridized carbons (Fsp3) is 0.857. The third-order valence-electron chi connectivity index (χ3n) is 0.402. The predicted molar refractivity (Wildman–Crippen MR) is 43.3 cm³/mol. The second-order valence-corrected chi connectivity index (χ2v) is 1.97. The van der Waals surface area contributed by atoms with E-state index in [1.54, 1.807) is 6.92 Å². The van der Waals surface area contributed by atoms with Crippen LogP contribution in [0.4, 0.5) is 0 Å². The Morgan fingerprint density at radius 2 is 1.82 bits per heavy atom. The molecule has 4 nitrogen and oxygen atoms in total. The minimum atomic E-state index is -0.213. The van der Waals surface area contributed by atoms with Crippen LogP contribution in [0.25, 0.3) is 0 Å². The summed E-state index contributed by atoms with van der Waals surface area (Å²) in [5.74, 6) is -0.213. The lowest BCUT2D eigenvalue weighted by Gasteiger charge is -2.01. The first-order valence-electron chi connectivity index (χ1n) is 3.32. The van der Waals surface area contributed by atoms with Crippen molar-refractivity contribution < 1.29 is 20.1 Å². The topological polar surface area (TPSA) is 78.0 Å². The van der Waals surface area contributed by atoms with Gasteiger partial charge in [-0.2, -0.15) is 0 Å². The van der Waals surface area contributed by atoms with Crippen molar-refractivity contribution in [2.24, 2.45) is 0 Å². The highest BCUT2D eigenvalue weighted by Crippen LogP contribution is 1.85. The fourth-order valence-electron chi connectivity index (χ4n) is 0.332. The molecule has 0 aromatic carbocycles. The molecule has 0 saturated heterocycles. The average Bonchev–Trinajstić information content (AvgIpc) is 1.62. The molecule has 0 heterocycles. The van der Waals surface area contributed by atoms with E-state index in [-0.39, 0.29) is 24.2 Å². The zero-order chi connectivity index (χ0) is 8.57. The summed E-state index contributed by atoms with van der Waals surface area (Å²) in [5.41, 5.74) is 0. The first-order valence-corrected chi connectivity index (χ1v) is 3.32. The number of aliphatic hydroxyl groups is 1. The third kappa shape index (κ3) is 44.6. The molecule has 4 heteroatoms. The number of aliphatic hydroxyl groups excluding tert-OH is 1. The van der Waals surface area contributed by atoms with Crippen molar-refractivity contribution in [2.45, 2.75) is 33.8 Å². The normalized spacial score (nSPS) is 7.45. The Bertz CT molecular complexity index is 80.5. The Labute approximate surface area is 67.5 Å². The molecule has 70 valence electrons. The zero-order valence-electron chi connectivity index (χ0n) is 7.55. The van der Waals surface area contributed by atoms with E-state index in [0.29, 0.717) is 0 Å². The number of ether oxygens (including phenoxy) is 1. The van der Waals surface area contributed by atoms with Crippen LogP contribution in [-0.2, 0) is 9.53 Å². The number of esters is 1. The molecule has 0 saturated carbocycles. The monoisotopic (exact) mass is 166 g/mol. The van der Waals surface area contributed by atoms with E-state index in [9.17, 15) is 4.79 Å². The first-order chi connectivity index (χ1) is 4.54. The molecule has 0 atom stereocenters. The van der Waals surface area contributed by atoms with E-state index in [4.69, 9.17) is 5.11 Å². The molecule has 0 radical (unpaired) electrons. The SMILES string of the molecule is CC(=O)OC(C)C.CCO.O. The van der Waals surface area contributed by atoms with Gasteiger partial charge in [0, 0.05) is 13.5 Å². The maximum absolute atomic E-state index is 10.0. The summed E-state index contributed by atoms with van der Waals surface area (Å²) >= 11 is 0. The van der Waals surface area contributed by atoms with Crippen molar-refractivity contribution in [1.29, 1.82) is 0 Å². The largest absolute Gasteiger partial charge is 0.463 e. The van der Waals surface area contributed by atoms with Crippen molar-refractivity contribution in [2.75, 3.05) is 6.61 Å². The summed E-state index contributed by atoms with van der Waals surface area (Å²) in [6.07, 6.45) is 0.0255. The van der Waals surface area contributed by atoms with Crippen LogP contribution in [0.3, 0.4) is 0 Å². The Morgan fingerprint density at radius 1 is 1.55 bits per heavy atom. The smallest absolute Gasteiger partial charge is 0.302 e. The molecule has 0 aliphatic carbocycles. The number of hydrogen-bond donors (Lipinski definition) is 1. The summed E-state index contributed by atoms with van der Waals surface area (Å²) in [4.78, 5) is 10.0. The summed E-state index contributed by atoms with van der Waals surface area (Å²) in [6.45, 7) is 6.98. The van der Waals surface area contributed by atoms with Gasteiger partial charge in [0.25, 0.3) is 0 Å². The molecule has 0 amide bonds. The number of rotatable bonds is 1. The van der Waals surface area contributed by atoms with E-state index in [2.05, 4.69) is 4.74 Å². The van der Waals surface area contributed by atoms with Crippen molar-refractivity contribution in [3.8, 4) is 0 Å². The van der Waals surface area contributed by atoms with Crippen LogP contribution in [0.15, 0.2) is 0 Å². The van der Waals surface area contributed by atoms with Crippen LogP contribution in [0.5, 0.6) is 0 Å². The molecule has 0 aromatic rings. The van der Waals surface area contributed by atoms with Crippen molar-refractivity contribution in [3.63, 3.8) is 0 Å². The molecule has 0 rings (SSSR count). The lowest BCUT2D eigenvalue weighted by Crippen LogP contribution is -2.06. The van der Waals surface area contributed by atoms with Crippen LogP contribution in [0, 0.1) is 0 Å². The Hall–Kier alpha value is -0.610. The highest BCUT2D eigenvalue weighted by Gasteiger charge is 1.93. The first kappa shape index (κ1) is 16.8. The van der Waals surface area contributed by atoms with E-state index in [1.807, 2.05) is 13.8 Å². The lowest BCUT2D eigenvalue weighted by atomic mass is 10.5. The van der Waals surface area contributed by atoms with Gasteiger partial charge in [-0.1, -0.05) is 0 Å². The molecule has 0 unspecified atom stereocenters. The van der Waals surface area contributed by atoms with Gasteiger partial charge in [0.2, 0.25) is 0 Å². The highest BCUT2D eigenvalue weighted by molar-refractivity contribution is 5.66. The standard InChI is InChI=1S/C5H10O2.C2H6O.H2O/c1-4(2)7-5(3)6;1-2-3;/h4H,1-3H3;3H,2H2,1H3;1H2. The molecular weight excluding hydrogens is 148 g/mol. The number of carbonyl (C=O) groups is 1. The highest BCUT2D eigenvalue weighted by atomic mass is 16.5. The summed E-state index contributed by atoms with van der Waals surface area (Å²) in [6, 6.07) is 0. The van der Waals surface area contributed by atoms with Gasteiger partial charge in [0.05, 0.1) is 6.10 Å². The van der Waals surface area contributed by atoms with Crippen LogP contribution in [-0.4, -0.2) is 29.3 Å². The van der Waals surface area contributed by atoms with Crippen LogP contribution >= 0.6 is 0 Å². The van der Waals surface area contributed by atoms with E-state index in [0.717, 1.165) is 0 Å². The van der Waals surface area contributed by atoms with E-state index >= 15 is 0 Å². The minimum Gasteiger partial charge on any atom is -0.463 e. The van der Waals surface area contributed by atoms with Gasteiger partial charge >= 0.3 is 5.97 Å². The summed E-state index contributed by atoms with van der Waals surface area (Å²) < 4.78 is 4.61. The maximum Gasteiger partial charge on any atom is 0.302 e. The number of hydrogen-bond acceptors (Lipinski definition) is 3. The van der Waals surface area contributed by atoms with Gasteiger partial charge in [-0.3, -0.25) is 4.79 Å². The Balaban J connectivity index is -0.000000140. The van der Waals surface area contributed by atoms with Crippen LogP contribution < -0.4 is 0 Å². The number of carbonyl (C=O) groups excluding carboxylic acids is 1. The molecule has 0 aromatic heterocycles. The predicted octanol–water partition coefficient (Wildman–Crippen LogP) is 0.132. The molecule has 0 bridgehead atoms. The van der Waals surface area contributed by atoms with Crippen LogP contribution in [0.2, 0.25) is 0 Å². The van der Waals surface area contributed by atoms with Gasteiger partial charge in [0.15, 0.2) is 0 Å². The van der Waals surface area contributed by atoms with E-state index < -0.39 is 0 Å². The Kier molecular flexibility index (Phi) is 18.5. The molecule has 0 aliphatic heterocycles. The van der Waals surface area contributed by atoms with Crippen molar-refractivity contribution >= 4 is 5.97 Å². The van der Waals surface area contributed by atoms with Gasteiger partial charge in [-0.15, -0.1) is 0 Å². The quantitative estimate of drug-likeness (QED) is 0.562. The molecule has 0 aliphatic rings. The fourth-order valence-corrected chi connectivity index (χ4v) is 0.332. The molecular formula is C7H18O4. The lowest BCUT2D eigenvalue weighted by molar-refractivity contribution is -0.144. The zero-order valence-corrected chi connectivity index (χ0v) is 7.55. The minimum absolute atomic E-state index is 0. The van der Waals surface area contributed by atoms with Crippen molar-refractivity contribution in [3.05, 3.63) is 0 Å². The molecule has 3 N–H and O–H groups in total. The second-order valence-electron chi connectivity index (χ2n) is 1.97. The van der Waals surface area contributed by atoms with Gasteiger partial charge in [0.1, 0.15) is 0 Å². The van der Waals surface area contributed by atoms with Crippen LogP contribution in [0.1, 0.15) is 27.7 Å². The third-order valence-corrected chi connectivity index (χ3v) is 0.402. The van der Waals surface area contributed by atoms with Crippen molar-refractivity contribution in [1.82, 2.24) is 0 Å². The van der Waals surface area contributed by atoms with Gasteiger partial charge in [-0.25, -0.2) is 0 Å². The summed E-state index contributed by atoms with van der Waals surface area (Å²) in [5, 5.41) is 7.57. The molecule has 11 heavy (non-hydrogen) atoms. The molecule has 0 fully saturated rings.